The van der Waals surface area contributed by atoms with E-state index in [-0.39, 0.29) is 18.7 Å². The number of nitrogens with zero attached hydrogens (tertiary/aromatic N) is 3. The number of aryl methyl sites for hydroxylation is 1. The highest BCUT2D eigenvalue weighted by molar-refractivity contribution is 5.94. The van der Waals surface area contributed by atoms with Gasteiger partial charge in [-0.2, -0.15) is 5.10 Å². The van der Waals surface area contributed by atoms with E-state index >= 15 is 0 Å². The van der Waals surface area contributed by atoms with E-state index < -0.39 is 11.7 Å². The second-order valence-corrected chi connectivity index (χ2v) is 8.09. The fourth-order valence-corrected chi connectivity index (χ4v) is 3.77. The van der Waals surface area contributed by atoms with Crippen molar-refractivity contribution < 1.29 is 23.4 Å². The van der Waals surface area contributed by atoms with Gasteiger partial charge in [0, 0.05) is 13.7 Å². The second kappa shape index (κ2) is 11.5. The molecule has 0 fully saturated rings. The molecule has 0 spiro atoms. The van der Waals surface area contributed by atoms with Crippen LogP contribution in [0.4, 0.5) is 4.39 Å². The van der Waals surface area contributed by atoms with Crippen molar-refractivity contribution >= 4 is 5.91 Å². The monoisotopic (exact) mass is 489 g/mol. The smallest absolute Gasteiger partial charge is 0.257 e. The zero-order chi connectivity index (χ0) is 25.5. The van der Waals surface area contributed by atoms with Gasteiger partial charge in [-0.15, -0.1) is 0 Å². The zero-order valence-corrected chi connectivity index (χ0v) is 20.5. The third-order valence-electron chi connectivity index (χ3n) is 5.72. The summed E-state index contributed by atoms with van der Waals surface area (Å²) < 4.78 is 33.0. The highest BCUT2D eigenvalue weighted by Crippen LogP contribution is 2.32. The molecule has 0 saturated carbocycles. The lowest BCUT2D eigenvalue weighted by Gasteiger charge is -2.23. The van der Waals surface area contributed by atoms with Gasteiger partial charge in [0.25, 0.3) is 5.91 Å². The van der Waals surface area contributed by atoms with Crippen molar-refractivity contribution in [3.63, 3.8) is 0 Å². The average molecular weight is 490 g/mol. The summed E-state index contributed by atoms with van der Waals surface area (Å²) in [4.78, 5) is 14.9. The molecule has 0 bridgehead atoms. The number of aromatic nitrogens is 2. The molecule has 186 valence electrons. The van der Waals surface area contributed by atoms with Crippen molar-refractivity contribution in [3.8, 4) is 23.1 Å². The molecule has 0 aliphatic heterocycles. The molecule has 0 aliphatic carbocycles. The highest BCUT2D eigenvalue weighted by atomic mass is 19.1. The van der Waals surface area contributed by atoms with Gasteiger partial charge in [-0.25, -0.2) is 9.07 Å². The van der Waals surface area contributed by atoms with Crippen LogP contribution in [0.25, 0.3) is 5.69 Å². The lowest BCUT2D eigenvalue weighted by molar-refractivity contribution is 0.0674. The molecule has 0 radical (unpaired) electrons. The van der Waals surface area contributed by atoms with Crippen LogP contribution in [0.15, 0.2) is 78.9 Å². The molecular weight excluding hydrogens is 461 g/mol. The summed E-state index contributed by atoms with van der Waals surface area (Å²) in [5.74, 6) is 0.742. The Bertz CT molecular complexity index is 1310. The van der Waals surface area contributed by atoms with Crippen molar-refractivity contribution in [1.29, 1.82) is 0 Å². The van der Waals surface area contributed by atoms with Crippen LogP contribution in [0, 0.1) is 12.7 Å². The standard InChI is InChI=1S/C28H28FN3O4/c1-20-25(19-31(17-18-34-2)27(33)24-11-7-8-12-26(24)29)28(32(30-20)21-9-5-4-6-10-21)36-23-15-13-22(35-3)14-16-23/h4-16H,17-19H2,1-3H3. The lowest BCUT2D eigenvalue weighted by Crippen LogP contribution is -2.34. The molecular formula is C28H28FN3O4. The van der Waals surface area contributed by atoms with E-state index in [1.165, 1.54) is 12.1 Å². The van der Waals surface area contributed by atoms with Gasteiger partial charge in [0.1, 0.15) is 17.3 Å². The Balaban J connectivity index is 1.75. The number of carbonyl (C=O) groups is 1. The fraction of sp³-hybridized carbons (Fsp3) is 0.214. The van der Waals surface area contributed by atoms with Crippen LogP contribution in [-0.4, -0.2) is 48.0 Å². The molecule has 3 aromatic carbocycles. The Morgan fingerprint density at radius 2 is 1.61 bits per heavy atom. The van der Waals surface area contributed by atoms with Crippen LogP contribution in [0.3, 0.4) is 0 Å². The maximum atomic E-state index is 14.5. The van der Waals surface area contributed by atoms with Crippen molar-refractivity contribution in [2.75, 3.05) is 27.4 Å². The molecule has 0 aliphatic rings. The summed E-state index contributed by atoms with van der Waals surface area (Å²) in [5.41, 5.74) is 2.19. The predicted molar refractivity (Wildman–Crippen MR) is 134 cm³/mol. The van der Waals surface area contributed by atoms with Crippen LogP contribution in [-0.2, 0) is 11.3 Å². The number of ether oxygens (including phenoxy) is 3. The fourth-order valence-electron chi connectivity index (χ4n) is 3.77. The van der Waals surface area contributed by atoms with Crippen molar-refractivity contribution in [2.45, 2.75) is 13.5 Å². The normalized spacial score (nSPS) is 10.8. The molecule has 1 amide bonds. The summed E-state index contributed by atoms with van der Waals surface area (Å²) >= 11 is 0. The van der Waals surface area contributed by atoms with E-state index in [0.29, 0.717) is 35.2 Å². The van der Waals surface area contributed by atoms with Gasteiger partial charge in [-0.1, -0.05) is 30.3 Å². The second-order valence-electron chi connectivity index (χ2n) is 8.09. The molecule has 1 aromatic heterocycles. The number of halogens is 1. The minimum Gasteiger partial charge on any atom is -0.497 e. The molecule has 0 saturated heterocycles. The number of para-hydroxylation sites is 1. The summed E-state index contributed by atoms with van der Waals surface area (Å²) in [5, 5.41) is 4.72. The van der Waals surface area contributed by atoms with Gasteiger partial charge in [0.2, 0.25) is 5.88 Å². The van der Waals surface area contributed by atoms with Crippen LogP contribution >= 0.6 is 0 Å². The maximum Gasteiger partial charge on any atom is 0.257 e. The van der Waals surface area contributed by atoms with E-state index in [4.69, 9.17) is 19.3 Å². The van der Waals surface area contributed by atoms with Crippen LogP contribution in [0.2, 0.25) is 0 Å². The van der Waals surface area contributed by atoms with Crippen LogP contribution < -0.4 is 9.47 Å². The lowest BCUT2D eigenvalue weighted by atomic mass is 10.1. The third kappa shape index (κ3) is 5.55. The first-order valence-corrected chi connectivity index (χ1v) is 11.5. The minimum absolute atomic E-state index is 0.000620. The summed E-state index contributed by atoms with van der Waals surface area (Å²) in [6.07, 6.45) is 0. The number of hydrogen-bond acceptors (Lipinski definition) is 5. The number of carbonyl (C=O) groups excluding carboxylic acids is 1. The topological polar surface area (TPSA) is 65.8 Å². The van der Waals surface area contributed by atoms with Gasteiger partial charge in [-0.3, -0.25) is 4.79 Å². The molecule has 1 heterocycles. The molecule has 36 heavy (non-hydrogen) atoms. The first kappa shape index (κ1) is 24.9. The molecule has 0 unspecified atom stereocenters. The first-order chi connectivity index (χ1) is 17.5. The van der Waals surface area contributed by atoms with E-state index in [1.54, 1.807) is 60.2 Å². The third-order valence-corrected chi connectivity index (χ3v) is 5.72. The number of amides is 1. The Morgan fingerprint density at radius 3 is 2.28 bits per heavy atom. The van der Waals surface area contributed by atoms with E-state index in [2.05, 4.69) is 0 Å². The van der Waals surface area contributed by atoms with E-state index in [0.717, 1.165) is 5.69 Å². The number of rotatable bonds is 10. The predicted octanol–water partition coefficient (Wildman–Crippen LogP) is 5.41. The Hall–Kier alpha value is -4.17. The van der Waals surface area contributed by atoms with Gasteiger partial charge in [-0.05, 0) is 55.5 Å². The molecule has 4 rings (SSSR count). The van der Waals surface area contributed by atoms with Crippen LogP contribution in [0.1, 0.15) is 21.6 Å². The zero-order valence-electron chi connectivity index (χ0n) is 20.5. The molecule has 8 heteroatoms. The van der Waals surface area contributed by atoms with Crippen LogP contribution in [0.5, 0.6) is 17.4 Å². The quantitative estimate of drug-likeness (QED) is 0.298. The molecule has 4 aromatic rings. The van der Waals surface area contributed by atoms with Crippen molar-refractivity contribution in [2.24, 2.45) is 0 Å². The van der Waals surface area contributed by atoms with Crippen molar-refractivity contribution in [3.05, 3.63) is 102 Å². The van der Waals surface area contributed by atoms with E-state index in [1.807, 2.05) is 37.3 Å². The Kier molecular flexibility index (Phi) is 7.97. The molecule has 0 N–H and O–H groups in total. The van der Waals surface area contributed by atoms with Gasteiger partial charge in [0.15, 0.2) is 0 Å². The summed E-state index contributed by atoms with van der Waals surface area (Å²) in [6, 6.07) is 22.7. The largest absolute Gasteiger partial charge is 0.497 e. The van der Waals surface area contributed by atoms with Gasteiger partial charge >= 0.3 is 0 Å². The minimum atomic E-state index is -0.573. The van der Waals surface area contributed by atoms with Gasteiger partial charge in [0.05, 0.1) is 42.8 Å². The Labute approximate surface area is 209 Å². The number of benzene rings is 3. The number of hydrogen-bond donors (Lipinski definition) is 0. The molecule has 0 atom stereocenters. The van der Waals surface area contributed by atoms with Crippen molar-refractivity contribution in [1.82, 2.24) is 14.7 Å². The molecule has 7 nitrogen and oxygen atoms in total. The highest BCUT2D eigenvalue weighted by Gasteiger charge is 2.25. The average Bonchev–Trinajstić information content (AvgIpc) is 3.21. The maximum absolute atomic E-state index is 14.5. The summed E-state index contributed by atoms with van der Waals surface area (Å²) in [7, 11) is 3.16. The SMILES string of the molecule is COCCN(Cc1c(C)nn(-c2ccccc2)c1Oc1ccc(OC)cc1)C(=O)c1ccccc1F. The first-order valence-electron chi connectivity index (χ1n) is 11.5. The van der Waals surface area contributed by atoms with Gasteiger partial charge < -0.3 is 19.1 Å². The number of methoxy groups -OCH3 is 2. The van der Waals surface area contributed by atoms with E-state index in [9.17, 15) is 9.18 Å². The Morgan fingerprint density at radius 1 is 0.944 bits per heavy atom. The summed E-state index contributed by atoms with van der Waals surface area (Å²) in [6.45, 7) is 2.57.